The highest BCUT2D eigenvalue weighted by Gasteiger charge is 2.28. The van der Waals surface area contributed by atoms with E-state index in [0.717, 1.165) is 50.8 Å². The van der Waals surface area contributed by atoms with Crippen LogP contribution in [0, 0.1) is 0 Å². The van der Waals surface area contributed by atoms with Gasteiger partial charge in [-0.05, 0) is 29.6 Å². The van der Waals surface area contributed by atoms with Gasteiger partial charge in [0.05, 0.1) is 12.3 Å². The van der Waals surface area contributed by atoms with Crippen molar-refractivity contribution in [3.05, 3.63) is 53.9 Å². The summed E-state index contributed by atoms with van der Waals surface area (Å²) in [6.45, 7) is 9.38. The summed E-state index contributed by atoms with van der Waals surface area (Å²) < 4.78 is 0. The van der Waals surface area contributed by atoms with Crippen molar-refractivity contribution in [3.8, 4) is 0 Å². The molecule has 0 saturated carbocycles. The minimum atomic E-state index is 0.815. The SMILES string of the molecule is C=N/C(=C1/CN(c2ccc3ccccc3c2)C/C1=N/C)N1CCNCC1. The summed E-state index contributed by atoms with van der Waals surface area (Å²) in [6, 6.07) is 15.1. The van der Waals surface area contributed by atoms with Crippen molar-refractivity contribution in [1.82, 2.24) is 10.2 Å². The second-order valence-electron chi connectivity index (χ2n) is 6.76. The van der Waals surface area contributed by atoms with Gasteiger partial charge in [0, 0.05) is 51.0 Å². The topological polar surface area (TPSA) is 43.2 Å². The highest BCUT2D eigenvalue weighted by molar-refractivity contribution is 6.07. The van der Waals surface area contributed by atoms with Crippen LogP contribution < -0.4 is 10.2 Å². The van der Waals surface area contributed by atoms with Gasteiger partial charge in [-0.3, -0.25) is 4.99 Å². The van der Waals surface area contributed by atoms with Gasteiger partial charge in [0.2, 0.25) is 0 Å². The number of benzene rings is 2. The first-order chi connectivity index (χ1) is 12.8. The van der Waals surface area contributed by atoms with Crippen molar-refractivity contribution >= 4 is 28.9 Å². The Hall–Kier alpha value is -2.66. The van der Waals surface area contributed by atoms with E-state index < -0.39 is 0 Å². The Morgan fingerprint density at radius 1 is 1.04 bits per heavy atom. The molecule has 5 nitrogen and oxygen atoms in total. The fraction of sp³-hybridized carbons (Fsp3) is 0.333. The maximum atomic E-state index is 4.56. The normalized spacial score (nSPS) is 21.5. The van der Waals surface area contributed by atoms with Crippen LogP contribution in [0.3, 0.4) is 0 Å². The van der Waals surface area contributed by atoms with E-state index in [0.29, 0.717) is 0 Å². The van der Waals surface area contributed by atoms with Crippen molar-refractivity contribution in [2.75, 3.05) is 51.2 Å². The number of aliphatic imine (C=N–C) groups is 2. The summed E-state index contributed by atoms with van der Waals surface area (Å²) >= 11 is 0. The zero-order valence-corrected chi connectivity index (χ0v) is 15.3. The van der Waals surface area contributed by atoms with Crippen molar-refractivity contribution in [3.63, 3.8) is 0 Å². The molecule has 5 heteroatoms. The minimum Gasteiger partial charge on any atom is -0.361 e. The predicted octanol–water partition coefficient (Wildman–Crippen LogP) is 2.55. The first-order valence-corrected chi connectivity index (χ1v) is 9.15. The van der Waals surface area contributed by atoms with Crippen LogP contribution in [0.2, 0.25) is 0 Å². The summed E-state index contributed by atoms with van der Waals surface area (Å²) in [5.41, 5.74) is 3.54. The minimum absolute atomic E-state index is 0.815. The van der Waals surface area contributed by atoms with Crippen LogP contribution in [0.15, 0.2) is 63.8 Å². The third-order valence-electron chi connectivity index (χ3n) is 5.24. The Balaban J connectivity index is 1.67. The Bertz CT molecular complexity index is 877. The molecule has 134 valence electrons. The number of anilines is 1. The van der Waals surface area contributed by atoms with Gasteiger partial charge in [0.25, 0.3) is 0 Å². The summed E-state index contributed by atoms with van der Waals surface area (Å²) in [5, 5.41) is 5.93. The van der Waals surface area contributed by atoms with E-state index in [4.69, 9.17) is 0 Å². The van der Waals surface area contributed by atoms with Crippen molar-refractivity contribution in [2.45, 2.75) is 0 Å². The Kier molecular flexibility index (Phi) is 4.71. The summed E-state index contributed by atoms with van der Waals surface area (Å²) in [6.07, 6.45) is 0. The lowest BCUT2D eigenvalue weighted by atomic mass is 10.1. The molecule has 0 bridgehead atoms. The molecule has 2 fully saturated rings. The molecule has 2 saturated heterocycles. The quantitative estimate of drug-likeness (QED) is 0.868. The third kappa shape index (κ3) is 3.10. The molecule has 4 rings (SSSR count). The summed E-state index contributed by atoms with van der Waals surface area (Å²) in [7, 11) is 1.87. The van der Waals surface area contributed by atoms with Gasteiger partial charge in [-0.2, -0.15) is 0 Å². The van der Waals surface area contributed by atoms with Crippen LogP contribution in [0.5, 0.6) is 0 Å². The van der Waals surface area contributed by atoms with Crippen LogP contribution in [0.4, 0.5) is 5.69 Å². The predicted molar refractivity (Wildman–Crippen MR) is 111 cm³/mol. The zero-order chi connectivity index (χ0) is 17.9. The first kappa shape index (κ1) is 16.8. The van der Waals surface area contributed by atoms with Crippen molar-refractivity contribution < 1.29 is 0 Å². The molecule has 1 N–H and O–H groups in total. The maximum absolute atomic E-state index is 4.56. The van der Waals surface area contributed by atoms with Gasteiger partial charge >= 0.3 is 0 Å². The second-order valence-corrected chi connectivity index (χ2v) is 6.76. The molecule has 2 heterocycles. The van der Waals surface area contributed by atoms with Gasteiger partial charge < -0.3 is 15.1 Å². The lowest BCUT2D eigenvalue weighted by Gasteiger charge is -2.30. The molecular formula is C21H25N5. The van der Waals surface area contributed by atoms with Gasteiger partial charge in [0.15, 0.2) is 0 Å². The summed E-state index contributed by atoms with van der Waals surface area (Å²) in [4.78, 5) is 13.6. The lowest BCUT2D eigenvalue weighted by molar-refractivity contribution is 0.295. The molecule has 0 atom stereocenters. The lowest BCUT2D eigenvalue weighted by Crippen LogP contribution is -2.43. The van der Waals surface area contributed by atoms with E-state index in [1.807, 2.05) is 7.05 Å². The number of nitrogens with zero attached hydrogens (tertiary/aromatic N) is 4. The van der Waals surface area contributed by atoms with Crippen LogP contribution in [0.1, 0.15) is 0 Å². The number of hydrogen-bond donors (Lipinski definition) is 1. The number of nitrogens with one attached hydrogen (secondary N) is 1. The average Bonchev–Trinajstić information content (AvgIpc) is 3.13. The van der Waals surface area contributed by atoms with Gasteiger partial charge in [-0.15, -0.1) is 0 Å². The molecule has 0 radical (unpaired) electrons. The Morgan fingerprint density at radius 2 is 1.81 bits per heavy atom. The molecule has 0 spiro atoms. The molecule has 2 aromatic rings. The van der Waals surface area contributed by atoms with Crippen LogP contribution in [-0.2, 0) is 0 Å². The molecular weight excluding hydrogens is 322 g/mol. The monoisotopic (exact) mass is 347 g/mol. The summed E-state index contributed by atoms with van der Waals surface area (Å²) in [5.74, 6) is 0.996. The van der Waals surface area contributed by atoms with Gasteiger partial charge in [0.1, 0.15) is 5.82 Å². The molecule has 2 aromatic carbocycles. The number of hydrogen-bond acceptors (Lipinski definition) is 5. The smallest absolute Gasteiger partial charge is 0.134 e. The van der Waals surface area contributed by atoms with Gasteiger partial charge in [-0.25, -0.2) is 4.99 Å². The molecule has 0 unspecified atom stereocenters. The Morgan fingerprint density at radius 3 is 2.54 bits per heavy atom. The van der Waals surface area contributed by atoms with Crippen LogP contribution >= 0.6 is 0 Å². The van der Waals surface area contributed by atoms with E-state index >= 15 is 0 Å². The average molecular weight is 347 g/mol. The maximum Gasteiger partial charge on any atom is 0.134 e. The van der Waals surface area contributed by atoms with E-state index in [-0.39, 0.29) is 0 Å². The van der Waals surface area contributed by atoms with Crippen LogP contribution in [-0.4, -0.2) is 63.6 Å². The number of piperazine rings is 1. The van der Waals surface area contributed by atoms with Crippen molar-refractivity contribution in [1.29, 1.82) is 0 Å². The van der Waals surface area contributed by atoms with Crippen molar-refractivity contribution in [2.24, 2.45) is 9.98 Å². The standard InChI is InChI=1S/C21H25N5/c1-22-20-15-26(18-8-7-16-5-3-4-6-17(16)13-18)14-19(20)21(23-2)25-11-9-24-10-12-25/h3-8,13,24H,2,9-12,14-15H2,1H3/b21-19+,22-20-. The molecule has 26 heavy (non-hydrogen) atoms. The van der Waals surface area contributed by atoms with E-state index in [1.54, 1.807) is 0 Å². The van der Waals surface area contributed by atoms with E-state index in [9.17, 15) is 0 Å². The number of fused-ring (bicyclic) bond motifs is 1. The molecule has 0 amide bonds. The molecule has 0 aliphatic carbocycles. The molecule has 0 aromatic heterocycles. The highest BCUT2D eigenvalue weighted by atomic mass is 15.3. The fourth-order valence-electron chi connectivity index (χ4n) is 3.84. The largest absolute Gasteiger partial charge is 0.361 e. The molecule has 2 aliphatic heterocycles. The zero-order valence-electron chi connectivity index (χ0n) is 15.3. The third-order valence-corrected chi connectivity index (χ3v) is 5.24. The molecule has 2 aliphatic rings. The Labute approximate surface area is 154 Å². The van der Waals surface area contributed by atoms with Crippen LogP contribution in [0.25, 0.3) is 10.8 Å². The van der Waals surface area contributed by atoms with Gasteiger partial charge in [-0.1, -0.05) is 30.3 Å². The first-order valence-electron chi connectivity index (χ1n) is 9.15. The van der Waals surface area contributed by atoms with E-state index in [1.165, 1.54) is 22.0 Å². The second kappa shape index (κ2) is 7.30. The highest BCUT2D eigenvalue weighted by Crippen LogP contribution is 2.28. The van der Waals surface area contributed by atoms with E-state index in [2.05, 4.69) is 74.3 Å². The number of rotatable bonds is 3. The fourth-order valence-corrected chi connectivity index (χ4v) is 3.84.